The van der Waals surface area contributed by atoms with Crippen molar-refractivity contribution >= 4 is 16.8 Å². The number of hydrogen-bond donors (Lipinski definition) is 0. The summed E-state index contributed by atoms with van der Waals surface area (Å²) >= 11 is 0. The van der Waals surface area contributed by atoms with Crippen LogP contribution in [0.5, 0.6) is 0 Å². The highest BCUT2D eigenvalue weighted by Crippen LogP contribution is 2.28. The Morgan fingerprint density at radius 1 is 1.00 bits per heavy atom. The molecule has 0 radical (unpaired) electrons. The fourth-order valence-corrected chi connectivity index (χ4v) is 4.07. The highest BCUT2D eigenvalue weighted by molar-refractivity contribution is 5.78. The first-order valence-electron chi connectivity index (χ1n) is 10.2. The van der Waals surface area contributed by atoms with E-state index >= 15 is 0 Å². The molecule has 0 fully saturated rings. The van der Waals surface area contributed by atoms with Crippen molar-refractivity contribution in [2.24, 2.45) is 0 Å². The van der Waals surface area contributed by atoms with Gasteiger partial charge in [0.1, 0.15) is 5.82 Å². The number of aromatic nitrogens is 6. The van der Waals surface area contributed by atoms with Crippen LogP contribution in [0.25, 0.3) is 16.8 Å². The maximum Gasteiger partial charge on any atom is 0.252 e. The highest BCUT2D eigenvalue weighted by Gasteiger charge is 2.20. The van der Waals surface area contributed by atoms with Gasteiger partial charge < -0.3 is 4.57 Å². The van der Waals surface area contributed by atoms with Gasteiger partial charge in [0.2, 0.25) is 0 Å². The standard InChI is InChI=1S/C24H21N7/c1-15-11-16(2)31-24(26-15)28-22(29-31)13-23-27-20-10-9-18(14-25)12-21(20)30(23)17(3)19-7-5-4-6-8-19/h4-12,17H,13H2,1-3H3/t17-/m0/s1. The molecule has 5 rings (SSSR count). The number of benzene rings is 2. The third-order valence-electron chi connectivity index (χ3n) is 5.54. The summed E-state index contributed by atoms with van der Waals surface area (Å²) in [6, 6.07) is 20.1. The minimum Gasteiger partial charge on any atom is -0.320 e. The molecule has 0 spiro atoms. The van der Waals surface area contributed by atoms with E-state index in [2.05, 4.69) is 44.8 Å². The average molecular weight is 407 g/mol. The molecule has 0 bridgehead atoms. The summed E-state index contributed by atoms with van der Waals surface area (Å²) in [5.74, 6) is 2.11. The second-order valence-corrected chi connectivity index (χ2v) is 7.76. The van der Waals surface area contributed by atoms with E-state index in [1.807, 2.05) is 50.2 Å². The Kier molecular flexibility index (Phi) is 4.48. The molecule has 31 heavy (non-hydrogen) atoms. The summed E-state index contributed by atoms with van der Waals surface area (Å²) in [7, 11) is 0. The molecule has 2 aromatic carbocycles. The minimum absolute atomic E-state index is 0.0364. The second-order valence-electron chi connectivity index (χ2n) is 7.76. The van der Waals surface area contributed by atoms with Gasteiger partial charge in [-0.2, -0.15) is 10.2 Å². The summed E-state index contributed by atoms with van der Waals surface area (Å²) in [4.78, 5) is 14.0. The number of imidazole rings is 1. The Bertz CT molecular complexity index is 1450. The van der Waals surface area contributed by atoms with Gasteiger partial charge in [0, 0.05) is 11.4 Å². The van der Waals surface area contributed by atoms with Gasteiger partial charge in [0.25, 0.3) is 5.78 Å². The number of aryl methyl sites for hydroxylation is 2. The first-order chi connectivity index (χ1) is 15.0. The van der Waals surface area contributed by atoms with Gasteiger partial charge in [0.05, 0.1) is 35.1 Å². The normalized spacial score (nSPS) is 12.3. The number of rotatable bonds is 4. The van der Waals surface area contributed by atoms with E-state index in [0.29, 0.717) is 23.6 Å². The highest BCUT2D eigenvalue weighted by atomic mass is 15.3. The third-order valence-corrected chi connectivity index (χ3v) is 5.54. The molecule has 0 saturated heterocycles. The van der Waals surface area contributed by atoms with Crippen LogP contribution in [0.4, 0.5) is 0 Å². The van der Waals surface area contributed by atoms with Crippen LogP contribution in [0.3, 0.4) is 0 Å². The van der Waals surface area contributed by atoms with Crippen molar-refractivity contribution in [3.63, 3.8) is 0 Å². The molecule has 0 N–H and O–H groups in total. The first-order valence-corrected chi connectivity index (χ1v) is 10.2. The van der Waals surface area contributed by atoms with Crippen molar-refractivity contribution in [2.75, 3.05) is 0 Å². The van der Waals surface area contributed by atoms with Crippen LogP contribution in [0.2, 0.25) is 0 Å². The largest absolute Gasteiger partial charge is 0.320 e. The van der Waals surface area contributed by atoms with E-state index in [0.717, 1.165) is 28.2 Å². The zero-order chi connectivity index (χ0) is 21.5. The van der Waals surface area contributed by atoms with Crippen LogP contribution in [0.15, 0.2) is 54.6 Å². The monoisotopic (exact) mass is 407 g/mol. The summed E-state index contributed by atoms with van der Waals surface area (Å²) in [5, 5.41) is 14.1. The molecule has 7 nitrogen and oxygen atoms in total. The molecular formula is C24H21N7. The fourth-order valence-electron chi connectivity index (χ4n) is 4.07. The van der Waals surface area contributed by atoms with Crippen molar-refractivity contribution in [2.45, 2.75) is 33.2 Å². The minimum atomic E-state index is 0.0364. The molecule has 0 aliphatic heterocycles. The topological polar surface area (TPSA) is 84.7 Å². The maximum atomic E-state index is 9.41. The van der Waals surface area contributed by atoms with E-state index in [1.165, 1.54) is 5.56 Å². The number of nitrogens with zero attached hydrogens (tertiary/aromatic N) is 7. The summed E-state index contributed by atoms with van der Waals surface area (Å²) in [5.41, 5.74) is 5.47. The van der Waals surface area contributed by atoms with Gasteiger partial charge in [0.15, 0.2) is 5.82 Å². The predicted molar refractivity (Wildman–Crippen MR) is 118 cm³/mol. The van der Waals surface area contributed by atoms with Gasteiger partial charge in [-0.25, -0.2) is 14.5 Å². The van der Waals surface area contributed by atoms with Crippen LogP contribution in [-0.4, -0.2) is 29.1 Å². The van der Waals surface area contributed by atoms with Crippen LogP contribution in [0, 0.1) is 25.2 Å². The number of nitriles is 1. The van der Waals surface area contributed by atoms with E-state index in [4.69, 9.17) is 4.98 Å². The molecule has 0 amide bonds. The van der Waals surface area contributed by atoms with Crippen LogP contribution >= 0.6 is 0 Å². The first kappa shape index (κ1) is 18.9. The molecule has 0 saturated carbocycles. The third kappa shape index (κ3) is 3.32. The fraction of sp³-hybridized carbons (Fsp3) is 0.208. The van der Waals surface area contributed by atoms with Gasteiger partial charge in [-0.15, -0.1) is 5.10 Å². The lowest BCUT2D eigenvalue weighted by atomic mass is 10.1. The molecule has 0 aliphatic rings. The van der Waals surface area contributed by atoms with Gasteiger partial charge >= 0.3 is 0 Å². The average Bonchev–Trinajstić information content (AvgIpc) is 3.34. The molecule has 7 heteroatoms. The Labute approximate surface area is 179 Å². The quantitative estimate of drug-likeness (QED) is 0.447. The maximum absolute atomic E-state index is 9.41. The molecule has 152 valence electrons. The molecule has 5 aromatic rings. The Balaban J connectivity index is 1.66. The Morgan fingerprint density at radius 3 is 2.58 bits per heavy atom. The summed E-state index contributed by atoms with van der Waals surface area (Å²) in [6.07, 6.45) is 0.468. The molecule has 1 atom stereocenters. The number of fused-ring (bicyclic) bond motifs is 2. The molecule has 3 heterocycles. The summed E-state index contributed by atoms with van der Waals surface area (Å²) in [6.45, 7) is 6.09. The van der Waals surface area contributed by atoms with Crippen molar-refractivity contribution in [3.8, 4) is 6.07 Å². The second kappa shape index (κ2) is 7.33. The van der Waals surface area contributed by atoms with E-state index in [-0.39, 0.29) is 6.04 Å². The van der Waals surface area contributed by atoms with Crippen LogP contribution in [-0.2, 0) is 6.42 Å². The molecule has 0 unspecified atom stereocenters. The lowest BCUT2D eigenvalue weighted by Gasteiger charge is -2.18. The van der Waals surface area contributed by atoms with Crippen molar-refractivity contribution < 1.29 is 0 Å². The molecule has 3 aromatic heterocycles. The van der Waals surface area contributed by atoms with E-state index < -0.39 is 0 Å². The van der Waals surface area contributed by atoms with Crippen molar-refractivity contribution in [1.29, 1.82) is 5.26 Å². The number of hydrogen-bond acceptors (Lipinski definition) is 5. The van der Waals surface area contributed by atoms with E-state index in [9.17, 15) is 5.26 Å². The zero-order valence-corrected chi connectivity index (χ0v) is 17.6. The summed E-state index contributed by atoms with van der Waals surface area (Å²) < 4.78 is 3.95. The molecule has 0 aliphatic carbocycles. The lowest BCUT2D eigenvalue weighted by molar-refractivity contribution is 0.622. The Hall–Kier alpha value is -4.05. The van der Waals surface area contributed by atoms with Crippen LogP contribution < -0.4 is 0 Å². The smallest absolute Gasteiger partial charge is 0.252 e. The SMILES string of the molecule is Cc1cc(C)n2nc(Cc3nc4ccc(C#N)cc4n3[C@@H](C)c3ccccc3)nc2n1. The predicted octanol–water partition coefficient (Wildman–Crippen LogP) is 4.16. The Morgan fingerprint density at radius 2 is 1.81 bits per heavy atom. The van der Waals surface area contributed by atoms with Gasteiger partial charge in [-0.05, 0) is 50.6 Å². The zero-order valence-electron chi connectivity index (χ0n) is 17.6. The molecular weight excluding hydrogens is 386 g/mol. The van der Waals surface area contributed by atoms with Crippen LogP contribution in [0.1, 0.15) is 47.1 Å². The van der Waals surface area contributed by atoms with Gasteiger partial charge in [-0.3, -0.25) is 0 Å². The van der Waals surface area contributed by atoms with E-state index in [1.54, 1.807) is 10.6 Å². The van der Waals surface area contributed by atoms with Crippen molar-refractivity contribution in [3.05, 3.63) is 88.8 Å². The van der Waals surface area contributed by atoms with Gasteiger partial charge in [-0.1, -0.05) is 30.3 Å². The lowest BCUT2D eigenvalue weighted by Crippen LogP contribution is -2.12. The van der Waals surface area contributed by atoms with Crippen molar-refractivity contribution in [1.82, 2.24) is 29.1 Å².